The van der Waals surface area contributed by atoms with E-state index in [4.69, 9.17) is 4.74 Å². The van der Waals surface area contributed by atoms with Crippen LogP contribution >= 0.6 is 0 Å². The van der Waals surface area contributed by atoms with Crippen LogP contribution in [-0.4, -0.2) is 23.5 Å². The normalized spacial score (nSPS) is 18.9. The van der Waals surface area contributed by atoms with E-state index in [9.17, 15) is 9.59 Å². The van der Waals surface area contributed by atoms with Gasteiger partial charge in [-0.15, -0.1) is 0 Å². The van der Waals surface area contributed by atoms with E-state index in [0.717, 1.165) is 25.7 Å². The topological polar surface area (TPSA) is 55.4 Å². The van der Waals surface area contributed by atoms with Crippen LogP contribution in [0.3, 0.4) is 0 Å². The average Bonchev–Trinajstić information content (AvgIpc) is 2.60. The highest BCUT2D eigenvalue weighted by Crippen LogP contribution is 2.30. The van der Waals surface area contributed by atoms with Gasteiger partial charge < -0.3 is 10.1 Å². The van der Waals surface area contributed by atoms with Crippen molar-refractivity contribution in [2.24, 2.45) is 5.92 Å². The molecule has 0 aromatic heterocycles. The maximum absolute atomic E-state index is 12.0. The Morgan fingerprint density at radius 1 is 0.793 bits per heavy atom. The van der Waals surface area contributed by atoms with Crippen LogP contribution in [0.5, 0.6) is 0 Å². The molecule has 0 aromatic rings. The molecule has 29 heavy (non-hydrogen) atoms. The summed E-state index contributed by atoms with van der Waals surface area (Å²) in [6.07, 6.45) is 19.2. The molecule has 0 aliphatic heterocycles. The fraction of sp³-hybridized carbons (Fsp3) is 0.920. The Bertz CT molecular complexity index is 449. The second kappa shape index (κ2) is 14.8. The summed E-state index contributed by atoms with van der Waals surface area (Å²) in [4.78, 5) is 24.0. The lowest BCUT2D eigenvalue weighted by molar-refractivity contribution is -0.164. The zero-order valence-electron chi connectivity index (χ0n) is 19.7. The van der Waals surface area contributed by atoms with Gasteiger partial charge in [0.05, 0.1) is 5.92 Å². The molecule has 1 rings (SSSR count). The first-order chi connectivity index (χ1) is 13.8. The summed E-state index contributed by atoms with van der Waals surface area (Å²) < 4.78 is 5.40. The van der Waals surface area contributed by atoms with Crippen LogP contribution in [0.25, 0.3) is 0 Å². The molecular formula is C25H47NO3. The summed E-state index contributed by atoms with van der Waals surface area (Å²) in [5.41, 5.74) is -0.431. The molecule has 1 fully saturated rings. The quantitative estimate of drug-likeness (QED) is 0.228. The van der Waals surface area contributed by atoms with Gasteiger partial charge >= 0.3 is 5.97 Å². The lowest BCUT2D eigenvalue weighted by Crippen LogP contribution is -2.48. The summed E-state index contributed by atoms with van der Waals surface area (Å²) in [6.45, 7) is 7.93. The maximum Gasteiger partial charge on any atom is 0.309 e. The molecule has 0 saturated heterocycles. The Hall–Kier alpha value is -1.06. The molecule has 1 N–H and O–H groups in total. The lowest BCUT2D eigenvalue weighted by atomic mass is 9.80. The van der Waals surface area contributed by atoms with Crippen LogP contribution in [0.2, 0.25) is 0 Å². The Labute approximate surface area is 179 Å². The highest BCUT2D eigenvalue weighted by atomic mass is 16.6. The van der Waals surface area contributed by atoms with E-state index in [2.05, 4.69) is 12.2 Å². The van der Waals surface area contributed by atoms with Gasteiger partial charge in [-0.25, -0.2) is 0 Å². The van der Waals surface area contributed by atoms with E-state index in [1.165, 1.54) is 70.6 Å². The van der Waals surface area contributed by atoms with Crippen molar-refractivity contribution in [1.82, 2.24) is 5.32 Å². The number of unbranched alkanes of at least 4 members (excludes halogenated alkanes) is 12. The maximum atomic E-state index is 12.0. The first-order valence-electron chi connectivity index (χ1n) is 12.3. The Morgan fingerprint density at radius 2 is 1.24 bits per heavy atom. The van der Waals surface area contributed by atoms with Gasteiger partial charge in [-0.3, -0.25) is 9.59 Å². The lowest BCUT2D eigenvalue weighted by Gasteiger charge is -2.35. The molecule has 0 atom stereocenters. The third-order valence-corrected chi connectivity index (χ3v) is 5.75. The van der Waals surface area contributed by atoms with Crippen molar-refractivity contribution < 1.29 is 14.3 Å². The van der Waals surface area contributed by atoms with Gasteiger partial charge in [-0.2, -0.15) is 0 Å². The minimum absolute atomic E-state index is 0.0455. The number of hydrogen-bond acceptors (Lipinski definition) is 3. The molecule has 0 radical (unpaired) electrons. The van der Waals surface area contributed by atoms with E-state index in [0.29, 0.717) is 6.42 Å². The monoisotopic (exact) mass is 409 g/mol. The number of amides is 1. The Balaban J connectivity index is 1.87. The second-order valence-corrected chi connectivity index (χ2v) is 9.96. The second-order valence-electron chi connectivity index (χ2n) is 9.96. The molecule has 0 aromatic carbocycles. The summed E-state index contributed by atoms with van der Waals surface area (Å²) in [5, 5.41) is 3.06. The molecule has 0 bridgehead atoms. The molecule has 1 saturated carbocycles. The van der Waals surface area contributed by atoms with E-state index in [1.54, 1.807) is 0 Å². The SMILES string of the molecule is CCCCCCCCCCCCCCCC(=O)N[C@H]1C[C@H](C(=O)OC(C)(C)C)C1. The molecular weight excluding hydrogens is 362 g/mol. The van der Waals surface area contributed by atoms with Gasteiger partial charge in [0, 0.05) is 12.5 Å². The number of carbonyl (C=O) groups excluding carboxylic acids is 2. The smallest absolute Gasteiger partial charge is 0.309 e. The summed E-state index contributed by atoms with van der Waals surface area (Å²) in [6, 6.07) is 0.155. The van der Waals surface area contributed by atoms with Crippen molar-refractivity contribution in [2.45, 2.75) is 142 Å². The van der Waals surface area contributed by atoms with Gasteiger partial charge in [-0.05, 0) is 40.0 Å². The van der Waals surface area contributed by atoms with Crippen molar-refractivity contribution in [3.8, 4) is 0 Å². The van der Waals surface area contributed by atoms with Crippen molar-refractivity contribution in [3.05, 3.63) is 0 Å². The van der Waals surface area contributed by atoms with Crippen LogP contribution in [0.4, 0.5) is 0 Å². The van der Waals surface area contributed by atoms with Crippen molar-refractivity contribution in [1.29, 1.82) is 0 Å². The minimum atomic E-state index is -0.431. The Morgan fingerprint density at radius 3 is 1.69 bits per heavy atom. The molecule has 0 heterocycles. The zero-order valence-corrected chi connectivity index (χ0v) is 19.7. The van der Waals surface area contributed by atoms with Gasteiger partial charge in [0.2, 0.25) is 5.91 Å². The van der Waals surface area contributed by atoms with Gasteiger partial charge in [0.15, 0.2) is 0 Å². The summed E-state index contributed by atoms with van der Waals surface area (Å²) in [5.74, 6) is -0.0314. The van der Waals surface area contributed by atoms with E-state index >= 15 is 0 Å². The molecule has 1 aliphatic rings. The summed E-state index contributed by atoms with van der Waals surface area (Å²) >= 11 is 0. The third-order valence-electron chi connectivity index (χ3n) is 5.75. The Kier molecular flexibility index (Phi) is 13.3. The molecule has 0 unspecified atom stereocenters. The average molecular weight is 410 g/mol. The van der Waals surface area contributed by atoms with Crippen LogP contribution in [-0.2, 0) is 14.3 Å². The number of carbonyl (C=O) groups is 2. The van der Waals surface area contributed by atoms with Gasteiger partial charge in [0.25, 0.3) is 0 Å². The first kappa shape index (κ1) is 26.0. The fourth-order valence-corrected chi connectivity index (χ4v) is 3.92. The molecule has 1 amide bonds. The number of hydrogen-bond donors (Lipinski definition) is 1. The van der Waals surface area contributed by atoms with E-state index in [1.807, 2.05) is 20.8 Å². The van der Waals surface area contributed by atoms with E-state index < -0.39 is 5.60 Å². The van der Waals surface area contributed by atoms with Crippen LogP contribution in [0, 0.1) is 5.92 Å². The van der Waals surface area contributed by atoms with Crippen molar-refractivity contribution in [3.63, 3.8) is 0 Å². The largest absolute Gasteiger partial charge is 0.460 e. The fourth-order valence-electron chi connectivity index (χ4n) is 3.92. The molecule has 170 valence electrons. The molecule has 4 heteroatoms. The van der Waals surface area contributed by atoms with Gasteiger partial charge in [0.1, 0.15) is 5.60 Å². The van der Waals surface area contributed by atoms with Crippen molar-refractivity contribution in [2.75, 3.05) is 0 Å². The van der Waals surface area contributed by atoms with Crippen LogP contribution in [0.1, 0.15) is 130 Å². The highest BCUT2D eigenvalue weighted by molar-refractivity contribution is 5.78. The van der Waals surface area contributed by atoms with Gasteiger partial charge in [-0.1, -0.05) is 84.0 Å². The predicted molar refractivity (Wildman–Crippen MR) is 121 cm³/mol. The molecule has 0 spiro atoms. The number of nitrogens with one attached hydrogen (secondary N) is 1. The highest BCUT2D eigenvalue weighted by Gasteiger charge is 2.37. The molecule has 1 aliphatic carbocycles. The first-order valence-corrected chi connectivity index (χ1v) is 12.3. The van der Waals surface area contributed by atoms with Crippen molar-refractivity contribution >= 4 is 11.9 Å². The zero-order chi connectivity index (χ0) is 21.5. The standard InChI is InChI=1S/C25H47NO3/c1-5-6-7-8-9-10-11-12-13-14-15-16-17-18-23(27)26-22-19-21(20-22)24(28)29-25(2,3)4/h21-22H,5-20H2,1-4H3,(H,26,27)/t21-,22-. The third kappa shape index (κ3) is 13.7. The number of rotatable bonds is 16. The van der Waals surface area contributed by atoms with E-state index in [-0.39, 0.29) is 23.8 Å². The number of esters is 1. The van der Waals surface area contributed by atoms with Crippen LogP contribution in [0.15, 0.2) is 0 Å². The summed E-state index contributed by atoms with van der Waals surface area (Å²) in [7, 11) is 0. The van der Waals surface area contributed by atoms with Crippen LogP contribution < -0.4 is 5.32 Å². The minimum Gasteiger partial charge on any atom is -0.460 e. The predicted octanol–water partition coefficient (Wildman–Crippen LogP) is 6.70. The number of ether oxygens (including phenoxy) is 1. The molecule has 4 nitrogen and oxygen atoms in total.